The normalized spacial score (nSPS) is 25.3. The standard InChI is InChI=1S/C13H19NO8/c1-13(12(18)19)10(22-4)9(15)7(11(16)17)5-14(13)6-8(20-2)21-3/h5,8,10H,6H2,1-4H3,(H,16,17)(H,18,19). The van der Waals surface area contributed by atoms with Crippen LogP contribution in [0.5, 0.6) is 0 Å². The third kappa shape index (κ3) is 2.96. The maximum absolute atomic E-state index is 12.2. The molecule has 0 spiro atoms. The van der Waals surface area contributed by atoms with Crippen LogP contribution in [0.1, 0.15) is 6.92 Å². The number of methoxy groups -OCH3 is 3. The first kappa shape index (κ1) is 18.1. The fraction of sp³-hybridized carbons (Fsp3) is 0.615. The van der Waals surface area contributed by atoms with Crippen LogP contribution in [-0.2, 0) is 28.6 Å². The van der Waals surface area contributed by atoms with Gasteiger partial charge in [0.25, 0.3) is 0 Å². The van der Waals surface area contributed by atoms with Crippen LogP contribution in [0.4, 0.5) is 0 Å². The highest BCUT2D eigenvalue weighted by Gasteiger charge is 2.54. The van der Waals surface area contributed by atoms with Gasteiger partial charge in [0.1, 0.15) is 5.57 Å². The molecule has 1 aliphatic heterocycles. The van der Waals surface area contributed by atoms with Gasteiger partial charge < -0.3 is 29.3 Å². The lowest BCUT2D eigenvalue weighted by atomic mass is 9.83. The first-order valence-electron chi connectivity index (χ1n) is 6.31. The molecule has 1 rings (SSSR count). The van der Waals surface area contributed by atoms with Crippen molar-refractivity contribution in [2.45, 2.75) is 24.9 Å². The molecule has 22 heavy (non-hydrogen) atoms. The second kappa shape index (κ2) is 6.86. The van der Waals surface area contributed by atoms with E-state index in [1.807, 2.05) is 0 Å². The molecular formula is C13H19NO8. The van der Waals surface area contributed by atoms with E-state index in [-0.39, 0.29) is 6.54 Å². The van der Waals surface area contributed by atoms with Gasteiger partial charge in [-0.15, -0.1) is 0 Å². The number of ketones is 1. The van der Waals surface area contributed by atoms with Crippen molar-refractivity contribution in [3.63, 3.8) is 0 Å². The smallest absolute Gasteiger partial charge is 0.340 e. The fourth-order valence-corrected chi connectivity index (χ4v) is 2.28. The molecule has 0 radical (unpaired) electrons. The number of carboxylic acid groups (broad SMARTS) is 2. The molecule has 0 aliphatic carbocycles. The summed E-state index contributed by atoms with van der Waals surface area (Å²) in [6, 6.07) is 0. The zero-order valence-corrected chi connectivity index (χ0v) is 12.7. The minimum absolute atomic E-state index is 0.0975. The highest BCUT2D eigenvalue weighted by molar-refractivity contribution is 6.20. The molecule has 9 nitrogen and oxygen atoms in total. The molecule has 0 bridgehead atoms. The molecule has 2 atom stereocenters. The number of carbonyl (C=O) groups is 3. The molecule has 2 N–H and O–H groups in total. The third-order valence-corrected chi connectivity index (χ3v) is 3.67. The van der Waals surface area contributed by atoms with Crippen molar-refractivity contribution in [1.29, 1.82) is 0 Å². The van der Waals surface area contributed by atoms with Crippen LogP contribution in [-0.4, -0.2) is 78.6 Å². The van der Waals surface area contributed by atoms with E-state index in [2.05, 4.69) is 0 Å². The molecule has 1 heterocycles. The average molecular weight is 317 g/mol. The van der Waals surface area contributed by atoms with Crippen LogP contribution in [0.2, 0.25) is 0 Å². The van der Waals surface area contributed by atoms with Gasteiger partial charge in [-0.05, 0) is 6.92 Å². The van der Waals surface area contributed by atoms with Crippen molar-refractivity contribution in [2.24, 2.45) is 0 Å². The van der Waals surface area contributed by atoms with Gasteiger partial charge in [-0.1, -0.05) is 0 Å². The molecule has 0 aromatic heterocycles. The highest BCUT2D eigenvalue weighted by atomic mass is 16.7. The monoisotopic (exact) mass is 317 g/mol. The van der Waals surface area contributed by atoms with E-state index in [1.54, 1.807) is 0 Å². The van der Waals surface area contributed by atoms with E-state index in [9.17, 15) is 19.5 Å². The lowest BCUT2D eigenvalue weighted by molar-refractivity contribution is -0.173. The summed E-state index contributed by atoms with van der Waals surface area (Å²) in [6.45, 7) is 1.18. The van der Waals surface area contributed by atoms with Crippen molar-refractivity contribution in [3.8, 4) is 0 Å². The van der Waals surface area contributed by atoms with Crippen molar-refractivity contribution in [2.75, 3.05) is 27.9 Å². The molecule has 9 heteroatoms. The molecule has 0 aromatic rings. The molecule has 0 saturated carbocycles. The predicted octanol–water partition coefficient (Wildman–Crippen LogP) is -0.683. The zero-order valence-electron chi connectivity index (χ0n) is 12.7. The van der Waals surface area contributed by atoms with Crippen LogP contribution in [0.25, 0.3) is 0 Å². The SMILES string of the molecule is COC(CN1C=C(C(=O)O)C(=O)C(OC)C1(C)C(=O)O)OC. The Bertz CT molecular complexity index is 498. The van der Waals surface area contributed by atoms with Crippen molar-refractivity contribution in [3.05, 3.63) is 11.8 Å². The number of hydrogen-bond acceptors (Lipinski definition) is 7. The van der Waals surface area contributed by atoms with Gasteiger partial charge in [-0.3, -0.25) is 4.79 Å². The Morgan fingerprint density at radius 3 is 2.23 bits per heavy atom. The Morgan fingerprint density at radius 2 is 1.86 bits per heavy atom. The minimum Gasteiger partial charge on any atom is -0.479 e. The maximum Gasteiger partial charge on any atom is 0.340 e. The van der Waals surface area contributed by atoms with Crippen LogP contribution < -0.4 is 0 Å². The predicted molar refractivity (Wildman–Crippen MR) is 72.1 cm³/mol. The van der Waals surface area contributed by atoms with Gasteiger partial charge in [-0.25, -0.2) is 9.59 Å². The van der Waals surface area contributed by atoms with Crippen LogP contribution in [0, 0.1) is 0 Å². The maximum atomic E-state index is 12.2. The van der Waals surface area contributed by atoms with Gasteiger partial charge in [-0.2, -0.15) is 0 Å². The number of hydrogen-bond donors (Lipinski definition) is 2. The average Bonchev–Trinajstić information content (AvgIpc) is 2.46. The van der Waals surface area contributed by atoms with Gasteiger partial charge in [0.15, 0.2) is 17.9 Å². The van der Waals surface area contributed by atoms with Crippen molar-refractivity contribution < 1.29 is 38.8 Å². The third-order valence-electron chi connectivity index (χ3n) is 3.67. The van der Waals surface area contributed by atoms with E-state index >= 15 is 0 Å². The van der Waals surface area contributed by atoms with Crippen molar-refractivity contribution >= 4 is 17.7 Å². The molecule has 0 fully saturated rings. The molecule has 0 aromatic carbocycles. The number of Topliss-reactive ketones (excluding diaryl/α,β-unsaturated/α-hetero) is 1. The number of nitrogens with zero attached hydrogens (tertiary/aromatic N) is 1. The van der Waals surface area contributed by atoms with Crippen molar-refractivity contribution in [1.82, 2.24) is 4.90 Å². The Morgan fingerprint density at radius 1 is 1.32 bits per heavy atom. The molecular weight excluding hydrogens is 298 g/mol. The summed E-state index contributed by atoms with van der Waals surface area (Å²) in [5.74, 6) is -3.70. The number of carboxylic acids is 2. The summed E-state index contributed by atoms with van der Waals surface area (Å²) < 4.78 is 15.0. The Kier molecular flexibility index (Phi) is 5.64. The quantitative estimate of drug-likeness (QED) is 0.464. The summed E-state index contributed by atoms with van der Waals surface area (Å²) >= 11 is 0. The first-order valence-corrected chi connectivity index (χ1v) is 6.31. The minimum atomic E-state index is -1.79. The topological polar surface area (TPSA) is 123 Å². The van der Waals surface area contributed by atoms with E-state index in [1.165, 1.54) is 26.0 Å². The van der Waals surface area contributed by atoms with Gasteiger partial charge in [0.05, 0.1) is 6.54 Å². The van der Waals surface area contributed by atoms with Crippen LogP contribution in [0.3, 0.4) is 0 Å². The van der Waals surface area contributed by atoms with E-state index in [0.29, 0.717) is 0 Å². The molecule has 0 saturated heterocycles. The summed E-state index contributed by atoms with van der Waals surface area (Å²) in [7, 11) is 3.87. The second-order valence-corrected chi connectivity index (χ2v) is 4.83. The summed E-state index contributed by atoms with van der Waals surface area (Å²) in [5.41, 5.74) is -2.35. The Balaban J connectivity index is 3.39. The van der Waals surface area contributed by atoms with Crippen LogP contribution >= 0.6 is 0 Å². The van der Waals surface area contributed by atoms with E-state index in [4.69, 9.17) is 19.3 Å². The molecule has 124 valence electrons. The molecule has 2 unspecified atom stereocenters. The van der Waals surface area contributed by atoms with Gasteiger partial charge in [0.2, 0.25) is 5.78 Å². The molecule has 1 aliphatic rings. The van der Waals surface area contributed by atoms with Gasteiger partial charge >= 0.3 is 11.9 Å². The zero-order chi connectivity index (χ0) is 17.1. The highest BCUT2D eigenvalue weighted by Crippen LogP contribution is 2.31. The lowest BCUT2D eigenvalue weighted by Gasteiger charge is -2.45. The molecule has 0 amide bonds. The first-order chi connectivity index (χ1) is 10.2. The summed E-state index contributed by atoms with van der Waals surface area (Å²) in [5, 5.41) is 18.7. The van der Waals surface area contributed by atoms with Gasteiger partial charge in [0, 0.05) is 27.5 Å². The second-order valence-electron chi connectivity index (χ2n) is 4.83. The fourth-order valence-electron chi connectivity index (χ4n) is 2.28. The van der Waals surface area contributed by atoms with E-state index < -0.39 is 41.2 Å². The summed E-state index contributed by atoms with van der Waals surface area (Å²) in [4.78, 5) is 36.2. The number of rotatable bonds is 7. The number of carbonyl (C=O) groups excluding carboxylic acids is 1. The Labute approximate surface area is 127 Å². The Hall–Kier alpha value is -1.97. The summed E-state index contributed by atoms with van der Waals surface area (Å²) in [6.07, 6.45) is -1.30. The number of ether oxygens (including phenoxy) is 3. The van der Waals surface area contributed by atoms with E-state index in [0.717, 1.165) is 13.3 Å². The largest absolute Gasteiger partial charge is 0.479 e. The number of aliphatic carboxylic acids is 2. The van der Waals surface area contributed by atoms with Crippen LogP contribution in [0.15, 0.2) is 11.8 Å². The lowest BCUT2D eigenvalue weighted by Crippen LogP contribution is -2.65.